The number of anilines is 1. The molecule has 0 atom stereocenters. The highest BCUT2D eigenvalue weighted by Gasteiger charge is 2.35. The Morgan fingerprint density at radius 1 is 1.29 bits per heavy atom. The smallest absolute Gasteiger partial charge is 0.419 e. The Bertz CT molecular complexity index is 416. The van der Waals surface area contributed by atoms with Gasteiger partial charge < -0.3 is 10.8 Å². The van der Waals surface area contributed by atoms with Crippen molar-refractivity contribution in [2.75, 3.05) is 5.73 Å². The van der Waals surface area contributed by atoms with Gasteiger partial charge in [-0.25, -0.2) is 9.18 Å². The molecule has 0 aliphatic carbocycles. The standard InChI is InChI=1S/C8H5F4NO2.C2H6/c9-6-4(8(10,11)12)1-3(7(14)15)2-5(6)13;1-2/h1-2H,13H2,(H,14,15);1-2H3. The summed E-state index contributed by atoms with van der Waals surface area (Å²) >= 11 is 0. The van der Waals surface area contributed by atoms with Crippen molar-refractivity contribution in [2.24, 2.45) is 0 Å². The van der Waals surface area contributed by atoms with Crippen molar-refractivity contribution < 1.29 is 27.5 Å². The molecule has 0 amide bonds. The molecule has 1 aromatic rings. The van der Waals surface area contributed by atoms with Gasteiger partial charge in [0.25, 0.3) is 0 Å². The average Bonchev–Trinajstić information content (AvgIpc) is 2.22. The van der Waals surface area contributed by atoms with Crippen LogP contribution in [0.3, 0.4) is 0 Å². The third-order valence-electron chi connectivity index (χ3n) is 1.65. The van der Waals surface area contributed by atoms with Gasteiger partial charge in [0.2, 0.25) is 0 Å². The van der Waals surface area contributed by atoms with E-state index in [1.807, 2.05) is 13.8 Å². The van der Waals surface area contributed by atoms with Crippen LogP contribution in [0, 0.1) is 5.82 Å². The van der Waals surface area contributed by atoms with E-state index in [-0.39, 0.29) is 6.07 Å². The minimum Gasteiger partial charge on any atom is -0.478 e. The molecular formula is C10H11F4NO2. The van der Waals surface area contributed by atoms with E-state index in [9.17, 15) is 22.4 Å². The molecule has 0 fully saturated rings. The highest BCUT2D eigenvalue weighted by atomic mass is 19.4. The van der Waals surface area contributed by atoms with Crippen molar-refractivity contribution in [3.63, 3.8) is 0 Å². The molecule has 0 aliphatic heterocycles. The number of hydrogen-bond donors (Lipinski definition) is 2. The average molecular weight is 253 g/mol. The molecule has 3 N–H and O–H groups in total. The molecular weight excluding hydrogens is 242 g/mol. The van der Waals surface area contributed by atoms with Gasteiger partial charge in [-0.2, -0.15) is 13.2 Å². The summed E-state index contributed by atoms with van der Waals surface area (Å²) < 4.78 is 49.5. The van der Waals surface area contributed by atoms with Gasteiger partial charge >= 0.3 is 12.1 Å². The van der Waals surface area contributed by atoms with Crippen LogP contribution >= 0.6 is 0 Å². The van der Waals surface area contributed by atoms with Gasteiger partial charge in [-0.1, -0.05) is 13.8 Å². The van der Waals surface area contributed by atoms with Gasteiger partial charge in [-0.15, -0.1) is 0 Å². The van der Waals surface area contributed by atoms with Crippen molar-refractivity contribution >= 4 is 11.7 Å². The Morgan fingerprint density at radius 2 is 1.76 bits per heavy atom. The quantitative estimate of drug-likeness (QED) is 0.597. The van der Waals surface area contributed by atoms with E-state index in [1.165, 1.54) is 0 Å². The van der Waals surface area contributed by atoms with E-state index in [0.29, 0.717) is 6.07 Å². The zero-order chi connectivity index (χ0) is 13.8. The fourth-order valence-electron chi connectivity index (χ4n) is 0.977. The molecule has 0 saturated carbocycles. The number of carbonyl (C=O) groups is 1. The van der Waals surface area contributed by atoms with Crippen molar-refractivity contribution in [3.05, 3.63) is 29.1 Å². The Kier molecular flexibility index (Phi) is 4.93. The number of halogens is 4. The van der Waals surface area contributed by atoms with Crippen LogP contribution in [0.1, 0.15) is 29.8 Å². The number of benzene rings is 1. The first kappa shape index (κ1) is 15.2. The Hall–Kier alpha value is -1.79. The molecule has 3 nitrogen and oxygen atoms in total. The van der Waals surface area contributed by atoms with Crippen LogP contribution in [-0.4, -0.2) is 11.1 Å². The highest BCUT2D eigenvalue weighted by molar-refractivity contribution is 5.89. The number of alkyl halides is 3. The van der Waals surface area contributed by atoms with E-state index >= 15 is 0 Å². The monoisotopic (exact) mass is 253 g/mol. The summed E-state index contributed by atoms with van der Waals surface area (Å²) in [6, 6.07) is 0.834. The Labute approximate surface area is 94.9 Å². The third-order valence-corrected chi connectivity index (χ3v) is 1.65. The lowest BCUT2D eigenvalue weighted by Crippen LogP contribution is -2.12. The summed E-state index contributed by atoms with van der Waals surface area (Å²) in [7, 11) is 0. The SMILES string of the molecule is CC.Nc1cc(C(=O)O)cc(C(F)(F)F)c1F. The normalized spacial score (nSPS) is 10.5. The van der Waals surface area contributed by atoms with Gasteiger partial charge in [-0.05, 0) is 12.1 Å². The molecule has 0 saturated heterocycles. The predicted molar refractivity (Wildman–Crippen MR) is 54.1 cm³/mol. The van der Waals surface area contributed by atoms with Gasteiger partial charge in [0.05, 0.1) is 16.8 Å². The van der Waals surface area contributed by atoms with E-state index in [4.69, 9.17) is 10.8 Å². The lowest BCUT2D eigenvalue weighted by molar-refractivity contribution is -0.139. The summed E-state index contributed by atoms with van der Waals surface area (Å²) in [5.74, 6) is -3.26. The van der Waals surface area contributed by atoms with Gasteiger partial charge in [-0.3, -0.25) is 0 Å². The molecule has 0 aromatic heterocycles. The van der Waals surface area contributed by atoms with Crippen molar-refractivity contribution in [3.8, 4) is 0 Å². The minimum atomic E-state index is -4.97. The summed E-state index contributed by atoms with van der Waals surface area (Å²) in [5.41, 5.74) is 1.68. The van der Waals surface area contributed by atoms with Gasteiger partial charge in [0.15, 0.2) is 5.82 Å². The summed E-state index contributed by atoms with van der Waals surface area (Å²) in [6.07, 6.45) is -4.97. The first-order chi connectivity index (χ1) is 7.73. The largest absolute Gasteiger partial charge is 0.478 e. The molecule has 0 bridgehead atoms. The van der Waals surface area contributed by atoms with Crippen molar-refractivity contribution in [2.45, 2.75) is 20.0 Å². The van der Waals surface area contributed by atoms with E-state index in [2.05, 4.69) is 0 Å². The highest BCUT2D eigenvalue weighted by Crippen LogP contribution is 2.34. The number of hydrogen-bond acceptors (Lipinski definition) is 2. The molecule has 1 rings (SSSR count). The predicted octanol–water partition coefficient (Wildman–Crippen LogP) is 3.15. The number of aromatic carboxylic acids is 1. The molecule has 0 radical (unpaired) electrons. The van der Waals surface area contributed by atoms with Crippen molar-refractivity contribution in [1.82, 2.24) is 0 Å². The molecule has 7 heteroatoms. The van der Waals surface area contributed by atoms with Crippen LogP contribution in [0.25, 0.3) is 0 Å². The minimum absolute atomic E-state index is 0.202. The molecule has 0 unspecified atom stereocenters. The summed E-state index contributed by atoms with van der Waals surface area (Å²) in [6.45, 7) is 4.00. The maximum Gasteiger partial charge on any atom is 0.419 e. The first-order valence-electron chi connectivity index (χ1n) is 4.63. The number of nitrogens with two attached hydrogens (primary N) is 1. The lowest BCUT2D eigenvalue weighted by atomic mass is 10.1. The third kappa shape index (κ3) is 3.61. The maximum atomic E-state index is 12.9. The Balaban J connectivity index is 0.00000121. The molecule has 96 valence electrons. The summed E-state index contributed by atoms with van der Waals surface area (Å²) in [4.78, 5) is 10.4. The number of carboxylic acid groups (broad SMARTS) is 1. The van der Waals surface area contributed by atoms with Crippen molar-refractivity contribution in [1.29, 1.82) is 0 Å². The number of rotatable bonds is 1. The second-order valence-corrected chi connectivity index (χ2v) is 2.73. The van der Waals surface area contributed by atoms with Crippen LogP contribution in [0.4, 0.5) is 23.2 Å². The molecule has 1 aromatic carbocycles. The van der Waals surface area contributed by atoms with E-state index in [1.54, 1.807) is 0 Å². The molecule has 0 aliphatic rings. The van der Waals surface area contributed by atoms with E-state index < -0.39 is 34.8 Å². The van der Waals surface area contributed by atoms with Crippen LogP contribution in [0.15, 0.2) is 12.1 Å². The van der Waals surface area contributed by atoms with Gasteiger partial charge in [0.1, 0.15) is 0 Å². The number of carboxylic acids is 1. The zero-order valence-electron chi connectivity index (χ0n) is 9.10. The maximum absolute atomic E-state index is 12.9. The summed E-state index contributed by atoms with van der Waals surface area (Å²) in [5, 5.41) is 8.44. The van der Waals surface area contributed by atoms with Crippen LogP contribution in [0.2, 0.25) is 0 Å². The fourth-order valence-corrected chi connectivity index (χ4v) is 0.977. The zero-order valence-corrected chi connectivity index (χ0v) is 9.10. The molecule has 0 spiro atoms. The topological polar surface area (TPSA) is 63.3 Å². The molecule has 17 heavy (non-hydrogen) atoms. The van der Waals surface area contributed by atoms with Crippen LogP contribution in [0.5, 0.6) is 0 Å². The van der Waals surface area contributed by atoms with Crippen LogP contribution < -0.4 is 5.73 Å². The second kappa shape index (κ2) is 5.51. The second-order valence-electron chi connectivity index (χ2n) is 2.73. The first-order valence-corrected chi connectivity index (χ1v) is 4.63. The van der Waals surface area contributed by atoms with Crippen LogP contribution in [-0.2, 0) is 6.18 Å². The number of nitrogen functional groups attached to an aromatic ring is 1. The van der Waals surface area contributed by atoms with E-state index in [0.717, 1.165) is 0 Å². The lowest BCUT2D eigenvalue weighted by Gasteiger charge is -2.10. The Morgan fingerprint density at radius 3 is 2.12 bits per heavy atom. The molecule has 0 heterocycles. The van der Waals surface area contributed by atoms with Gasteiger partial charge in [0, 0.05) is 0 Å². The fraction of sp³-hybridized carbons (Fsp3) is 0.300.